The molecular formula is C8H16N2O2. The van der Waals surface area contributed by atoms with Crippen molar-refractivity contribution < 1.29 is 9.53 Å². The standard InChI is InChI=1S/C8H16N2O2/c1-10(9)8(11)6-7-2-4-12-5-3-7/h7H,2-6,9H2,1H3. The van der Waals surface area contributed by atoms with Gasteiger partial charge in [-0.1, -0.05) is 0 Å². The van der Waals surface area contributed by atoms with E-state index < -0.39 is 0 Å². The van der Waals surface area contributed by atoms with Crippen LogP contribution in [0.1, 0.15) is 19.3 Å². The molecule has 0 aromatic rings. The maximum Gasteiger partial charge on any atom is 0.236 e. The van der Waals surface area contributed by atoms with Crippen LogP contribution >= 0.6 is 0 Å². The van der Waals surface area contributed by atoms with Crippen molar-refractivity contribution in [1.29, 1.82) is 0 Å². The third-order valence-electron chi connectivity index (χ3n) is 2.20. The van der Waals surface area contributed by atoms with Crippen molar-refractivity contribution in [2.45, 2.75) is 19.3 Å². The van der Waals surface area contributed by atoms with Crippen molar-refractivity contribution in [1.82, 2.24) is 5.01 Å². The van der Waals surface area contributed by atoms with E-state index in [1.165, 1.54) is 0 Å². The number of amides is 1. The molecule has 0 radical (unpaired) electrons. The Balaban J connectivity index is 2.24. The van der Waals surface area contributed by atoms with Crippen molar-refractivity contribution in [2.24, 2.45) is 11.8 Å². The van der Waals surface area contributed by atoms with E-state index in [1.807, 2.05) is 0 Å². The summed E-state index contributed by atoms with van der Waals surface area (Å²) in [5, 5.41) is 1.16. The van der Waals surface area contributed by atoms with Crippen LogP contribution in [-0.4, -0.2) is 31.2 Å². The summed E-state index contributed by atoms with van der Waals surface area (Å²) in [6, 6.07) is 0. The molecule has 1 fully saturated rings. The molecule has 4 nitrogen and oxygen atoms in total. The van der Waals surface area contributed by atoms with Crippen LogP contribution in [0.4, 0.5) is 0 Å². The SMILES string of the molecule is CN(N)C(=O)CC1CCOCC1. The van der Waals surface area contributed by atoms with Gasteiger partial charge in [0.15, 0.2) is 0 Å². The molecule has 4 heteroatoms. The van der Waals surface area contributed by atoms with Crippen LogP contribution in [0, 0.1) is 5.92 Å². The number of hydrogen-bond acceptors (Lipinski definition) is 3. The Morgan fingerprint density at radius 3 is 2.67 bits per heavy atom. The molecule has 0 aromatic heterocycles. The molecule has 0 aromatic carbocycles. The molecule has 1 aliphatic rings. The number of nitrogens with zero attached hydrogens (tertiary/aromatic N) is 1. The summed E-state index contributed by atoms with van der Waals surface area (Å²) < 4.78 is 5.19. The Hall–Kier alpha value is -0.610. The lowest BCUT2D eigenvalue weighted by atomic mass is 9.96. The molecule has 1 amide bonds. The minimum Gasteiger partial charge on any atom is -0.381 e. The minimum absolute atomic E-state index is 0.0156. The molecular weight excluding hydrogens is 156 g/mol. The maximum absolute atomic E-state index is 11.2. The van der Waals surface area contributed by atoms with E-state index in [-0.39, 0.29) is 5.91 Å². The summed E-state index contributed by atoms with van der Waals surface area (Å²) in [5.41, 5.74) is 0. The van der Waals surface area contributed by atoms with Crippen LogP contribution in [0.3, 0.4) is 0 Å². The highest BCUT2D eigenvalue weighted by Crippen LogP contribution is 2.18. The van der Waals surface area contributed by atoms with E-state index in [0.29, 0.717) is 12.3 Å². The highest BCUT2D eigenvalue weighted by molar-refractivity contribution is 5.75. The highest BCUT2D eigenvalue weighted by Gasteiger charge is 2.18. The maximum atomic E-state index is 11.2. The van der Waals surface area contributed by atoms with Gasteiger partial charge >= 0.3 is 0 Å². The van der Waals surface area contributed by atoms with Crippen LogP contribution in [0.5, 0.6) is 0 Å². The fourth-order valence-electron chi connectivity index (χ4n) is 1.34. The Morgan fingerprint density at radius 2 is 2.17 bits per heavy atom. The normalized spacial score (nSPS) is 19.2. The predicted octanol–water partition coefficient (Wildman–Crippen LogP) is 0.135. The minimum atomic E-state index is 0.0156. The van der Waals surface area contributed by atoms with Gasteiger partial charge in [0.25, 0.3) is 0 Å². The van der Waals surface area contributed by atoms with Crippen molar-refractivity contribution in [3.8, 4) is 0 Å². The van der Waals surface area contributed by atoms with Gasteiger partial charge in [-0.3, -0.25) is 9.80 Å². The Bertz CT molecular complexity index is 153. The smallest absolute Gasteiger partial charge is 0.236 e. The first-order chi connectivity index (χ1) is 5.70. The van der Waals surface area contributed by atoms with E-state index in [0.717, 1.165) is 31.1 Å². The average molecular weight is 172 g/mol. The van der Waals surface area contributed by atoms with Crippen LogP contribution in [0.15, 0.2) is 0 Å². The zero-order chi connectivity index (χ0) is 8.97. The van der Waals surface area contributed by atoms with Gasteiger partial charge in [-0.25, -0.2) is 5.84 Å². The first-order valence-corrected chi connectivity index (χ1v) is 4.29. The van der Waals surface area contributed by atoms with Gasteiger partial charge < -0.3 is 4.74 Å². The molecule has 1 rings (SSSR count). The summed E-state index contributed by atoms with van der Waals surface area (Å²) >= 11 is 0. The van der Waals surface area contributed by atoms with E-state index in [1.54, 1.807) is 7.05 Å². The fraction of sp³-hybridized carbons (Fsp3) is 0.875. The topological polar surface area (TPSA) is 55.6 Å². The van der Waals surface area contributed by atoms with Crippen LogP contribution < -0.4 is 5.84 Å². The summed E-state index contributed by atoms with van der Waals surface area (Å²) in [4.78, 5) is 11.2. The van der Waals surface area contributed by atoms with Gasteiger partial charge in [0.1, 0.15) is 0 Å². The number of hydrazine groups is 1. The quantitative estimate of drug-likeness (QED) is 0.366. The summed E-state index contributed by atoms with van der Waals surface area (Å²) in [6.07, 6.45) is 2.54. The molecule has 0 aliphatic carbocycles. The number of carbonyl (C=O) groups is 1. The van der Waals surface area contributed by atoms with Crippen molar-refractivity contribution >= 4 is 5.91 Å². The average Bonchev–Trinajstić information content (AvgIpc) is 2.06. The van der Waals surface area contributed by atoms with E-state index >= 15 is 0 Å². The molecule has 1 aliphatic heterocycles. The van der Waals surface area contributed by atoms with Gasteiger partial charge in [0.05, 0.1) is 0 Å². The van der Waals surface area contributed by atoms with E-state index in [4.69, 9.17) is 10.6 Å². The van der Waals surface area contributed by atoms with Gasteiger partial charge in [0, 0.05) is 26.7 Å². The van der Waals surface area contributed by atoms with Crippen molar-refractivity contribution in [2.75, 3.05) is 20.3 Å². The largest absolute Gasteiger partial charge is 0.381 e. The molecule has 12 heavy (non-hydrogen) atoms. The Labute approximate surface area is 72.6 Å². The first kappa shape index (κ1) is 9.48. The second-order valence-corrected chi connectivity index (χ2v) is 3.26. The van der Waals surface area contributed by atoms with Crippen molar-refractivity contribution in [3.05, 3.63) is 0 Å². The fourth-order valence-corrected chi connectivity index (χ4v) is 1.34. The molecule has 70 valence electrons. The molecule has 0 saturated carbocycles. The number of ether oxygens (including phenoxy) is 1. The highest BCUT2D eigenvalue weighted by atomic mass is 16.5. The Morgan fingerprint density at radius 1 is 1.58 bits per heavy atom. The van der Waals surface area contributed by atoms with Crippen LogP contribution in [0.2, 0.25) is 0 Å². The van der Waals surface area contributed by atoms with Gasteiger partial charge in [-0.2, -0.15) is 0 Å². The molecule has 2 N–H and O–H groups in total. The number of rotatable bonds is 2. The summed E-state index contributed by atoms with van der Waals surface area (Å²) in [6.45, 7) is 1.57. The Kier molecular flexibility index (Phi) is 3.49. The number of carbonyl (C=O) groups excluding carboxylic acids is 1. The molecule has 0 atom stereocenters. The van der Waals surface area contributed by atoms with Crippen molar-refractivity contribution in [3.63, 3.8) is 0 Å². The summed E-state index contributed by atoms with van der Waals surface area (Å²) in [5.74, 6) is 5.79. The number of nitrogens with two attached hydrogens (primary N) is 1. The lowest BCUT2D eigenvalue weighted by Crippen LogP contribution is -2.35. The van der Waals surface area contributed by atoms with E-state index in [9.17, 15) is 4.79 Å². The van der Waals surface area contributed by atoms with Gasteiger partial charge in [-0.15, -0.1) is 0 Å². The van der Waals surface area contributed by atoms with Gasteiger partial charge in [-0.05, 0) is 18.8 Å². The lowest BCUT2D eigenvalue weighted by Gasteiger charge is -2.22. The monoisotopic (exact) mass is 172 g/mol. The molecule has 0 bridgehead atoms. The molecule has 0 unspecified atom stereocenters. The number of hydrogen-bond donors (Lipinski definition) is 1. The molecule has 1 saturated heterocycles. The first-order valence-electron chi connectivity index (χ1n) is 4.29. The third kappa shape index (κ3) is 2.79. The summed E-state index contributed by atoms with van der Waals surface area (Å²) in [7, 11) is 1.58. The third-order valence-corrected chi connectivity index (χ3v) is 2.20. The second-order valence-electron chi connectivity index (χ2n) is 3.26. The zero-order valence-corrected chi connectivity index (χ0v) is 7.45. The van der Waals surface area contributed by atoms with E-state index in [2.05, 4.69) is 0 Å². The van der Waals surface area contributed by atoms with Gasteiger partial charge in [0.2, 0.25) is 5.91 Å². The lowest BCUT2D eigenvalue weighted by molar-refractivity contribution is -0.131. The van der Waals surface area contributed by atoms with Crippen LogP contribution in [-0.2, 0) is 9.53 Å². The predicted molar refractivity (Wildman–Crippen MR) is 45.1 cm³/mol. The molecule has 1 heterocycles. The second kappa shape index (κ2) is 4.42. The molecule has 0 spiro atoms. The van der Waals surface area contributed by atoms with Crippen LogP contribution in [0.25, 0.3) is 0 Å². The zero-order valence-electron chi connectivity index (χ0n) is 7.45.